The molecule has 86 valence electrons. The van der Waals surface area contributed by atoms with Crippen LogP contribution in [0.3, 0.4) is 0 Å². The molecular weight excluding hydrogens is 196 g/mol. The van der Waals surface area contributed by atoms with Gasteiger partial charge in [0.2, 0.25) is 5.91 Å². The highest BCUT2D eigenvalue weighted by Gasteiger charge is 2.34. The summed E-state index contributed by atoms with van der Waals surface area (Å²) in [5.74, 6) is -0.918. The van der Waals surface area contributed by atoms with Crippen molar-refractivity contribution in [1.29, 1.82) is 0 Å². The van der Waals surface area contributed by atoms with Crippen LogP contribution in [-0.4, -0.2) is 29.6 Å². The number of nitrogens with one attached hydrogen (secondary N) is 1. The molecule has 1 amide bonds. The Balaban J connectivity index is 2.43. The van der Waals surface area contributed by atoms with Crippen molar-refractivity contribution in [1.82, 2.24) is 5.32 Å². The van der Waals surface area contributed by atoms with E-state index in [1.54, 1.807) is 6.92 Å². The van der Waals surface area contributed by atoms with Gasteiger partial charge in [0.15, 0.2) is 0 Å². The number of hydrogen-bond acceptors (Lipinski definition) is 3. The molecule has 0 bridgehead atoms. The van der Waals surface area contributed by atoms with Crippen molar-refractivity contribution in [3.63, 3.8) is 0 Å². The highest BCUT2D eigenvalue weighted by Crippen LogP contribution is 2.34. The summed E-state index contributed by atoms with van der Waals surface area (Å²) in [7, 11) is 0. The topological polar surface area (TPSA) is 92.4 Å². The minimum absolute atomic E-state index is 0.00764. The van der Waals surface area contributed by atoms with Gasteiger partial charge in [-0.25, -0.2) is 0 Å². The fourth-order valence-electron chi connectivity index (χ4n) is 1.45. The first-order chi connectivity index (χ1) is 7.04. The molecule has 0 heterocycles. The van der Waals surface area contributed by atoms with Gasteiger partial charge >= 0.3 is 5.97 Å². The highest BCUT2D eigenvalue weighted by molar-refractivity contribution is 5.79. The third-order valence-corrected chi connectivity index (χ3v) is 2.71. The minimum Gasteiger partial charge on any atom is -0.481 e. The van der Waals surface area contributed by atoms with E-state index >= 15 is 0 Å². The zero-order valence-corrected chi connectivity index (χ0v) is 8.90. The molecule has 15 heavy (non-hydrogen) atoms. The van der Waals surface area contributed by atoms with Crippen molar-refractivity contribution in [3.8, 4) is 0 Å². The molecule has 1 aliphatic carbocycles. The first-order valence-electron chi connectivity index (χ1n) is 5.26. The predicted molar refractivity (Wildman–Crippen MR) is 55.1 cm³/mol. The van der Waals surface area contributed by atoms with Gasteiger partial charge in [-0.2, -0.15) is 0 Å². The third kappa shape index (κ3) is 3.87. The van der Waals surface area contributed by atoms with Crippen molar-refractivity contribution in [2.75, 3.05) is 6.54 Å². The summed E-state index contributed by atoms with van der Waals surface area (Å²) in [5.41, 5.74) is 5.36. The molecule has 0 aromatic carbocycles. The summed E-state index contributed by atoms with van der Waals surface area (Å²) in [6, 6.07) is -0.219. The number of aliphatic carboxylic acids is 1. The maximum absolute atomic E-state index is 11.5. The van der Waals surface area contributed by atoms with Gasteiger partial charge in [0.05, 0.1) is 6.42 Å². The van der Waals surface area contributed by atoms with Crippen molar-refractivity contribution in [3.05, 3.63) is 0 Å². The minimum atomic E-state index is -0.868. The lowest BCUT2D eigenvalue weighted by atomic mass is 10.1. The molecule has 0 radical (unpaired) electrons. The van der Waals surface area contributed by atoms with Crippen LogP contribution >= 0.6 is 0 Å². The summed E-state index contributed by atoms with van der Waals surface area (Å²) in [6.45, 7) is 2.02. The SMILES string of the molecule is CC(CN)C(=O)NC(CC(=O)O)C1CC1. The summed E-state index contributed by atoms with van der Waals surface area (Å²) in [6.07, 6.45) is 2.03. The standard InChI is InChI=1S/C10H18N2O3/c1-6(5-11)10(15)12-8(4-9(13)14)7-2-3-7/h6-8H,2-5,11H2,1H3,(H,12,15)(H,13,14). The summed E-state index contributed by atoms with van der Waals surface area (Å²) < 4.78 is 0. The monoisotopic (exact) mass is 214 g/mol. The molecular formula is C10H18N2O3. The Kier molecular flexibility index (Phi) is 4.08. The third-order valence-electron chi connectivity index (χ3n) is 2.71. The zero-order valence-electron chi connectivity index (χ0n) is 8.90. The largest absolute Gasteiger partial charge is 0.481 e. The van der Waals surface area contributed by atoms with Crippen LogP contribution in [0.1, 0.15) is 26.2 Å². The lowest BCUT2D eigenvalue weighted by Gasteiger charge is -2.18. The van der Waals surface area contributed by atoms with Crippen molar-refractivity contribution in [2.24, 2.45) is 17.6 Å². The second-order valence-corrected chi connectivity index (χ2v) is 4.19. The Morgan fingerprint density at radius 1 is 1.53 bits per heavy atom. The van der Waals surface area contributed by atoms with E-state index in [4.69, 9.17) is 10.8 Å². The molecule has 1 fully saturated rings. The van der Waals surface area contributed by atoms with Gasteiger partial charge in [0, 0.05) is 18.5 Å². The molecule has 2 unspecified atom stereocenters. The first-order valence-corrected chi connectivity index (χ1v) is 5.26. The van der Waals surface area contributed by atoms with Crippen LogP contribution < -0.4 is 11.1 Å². The first kappa shape index (κ1) is 12.0. The molecule has 0 spiro atoms. The second-order valence-electron chi connectivity index (χ2n) is 4.19. The molecule has 5 heteroatoms. The fourth-order valence-corrected chi connectivity index (χ4v) is 1.45. The average molecular weight is 214 g/mol. The summed E-state index contributed by atoms with van der Waals surface area (Å²) in [4.78, 5) is 22.1. The number of carbonyl (C=O) groups is 2. The van der Waals surface area contributed by atoms with Gasteiger partial charge in [-0.3, -0.25) is 9.59 Å². The number of carboxylic acids is 1. The van der Waals surface area contributed by atoms with E-state index in [0.717, 1.165) is 12.8 Å². The molecule has 5 nitrogen and oxygen atoms in total. The van der Waals surface area contributed by atoms with E-state index in [1.807, 2.05) is 0 Å². The van der Waals surface area contributed by atoms with E-state index < -0.39 is 5.97 Å². The Bertz CT molecular complexity index is 251. The molecule has 1 saturated carbocycles. The Morgan fingerprint density at radius 2 is 2.13 bits per heavy atom. The predicted octanol–water partition coefficient (Wildman–Crippen LogP) is -0.0493. The van der Waals surface area contributed by atoms with E-state index in [1.165, 1.54) is 0 Å². The van der Waals surface area contributed by atoms with Crippen LogP contribution in [0.2, 0.25) is 0 Å². The van der Waals surface area contributed by atoms with E-state index in [9.17, 15) is 9.59 Å². The number of hydrogen-bond donors (Lipinski definition) is 3. The number of nitrogens with two attached hydrogens (primary N) is 1. The normalized spacial score (nSPS) is 19.3. The van der Waals surface area contributed by atoms with Crippen LogP contribution in [-0.2, 0) is 9.59 Å². The van der Waals surface area contributed by atoms with Crippen molar-refractivity contribution in [2.45, 2.75) is 32.2 Å². The summed E-state index contributed by atoms with van der Waals surface area (Å²) >= 11 is 0. The van der Waals surface area contributed by atoms with Gasteiger partial charge in [-0.15, -0.1) is 0 Å². The molecule has 2 atom stereocenters. The molecule has 1 aliphatic rings. The smallest absolute Gasteiger partial charge is 0.305 e. The van der Waals surface area contributed by atoms with Gasteiger partial charge in [0.25, 0.3) is 0 Å². The fraction of sp³-hybridized carbons (Fsp3) is 0.800. The Labute approximate surface area is 89.0 Å². The quantitative estimate of drug-likeness (QED) is 0.578. The van der Waals surface area contributed by atoms with Crippen LogP contribution in [0.4, 0.5) is 0 Å². The molecule has 0 aliphatic heterocycles. The average Bonchev–Trinajstić information content (AvgIpc) is 2.97. The van der Waals surface area contributed by atoms with Crippen LogP contribution in [0.5, 0.6) is 0 Å². The lowest BCUT2D eigenvalue weighted by Crippen LogP contribution is -2.42. The maximum atomic E-state index is 11.5. The number of carboxylic acid groups (broad SMARTS) is 1. The maximum Gasteiger partial charge on any atom is 0.305 e. The Morgan fingerprint density at radius 3 is 2.53 bits per heavy atom. The lowest BCUT2D eigenvalue weighted by molar-refractivity contribution is -0.138. The summed E-state index contributed by atoms with van der Waals surface area (Å²) in [5, 5.41) is 11.5. The number of rotatable bonds is 6. The molecule has 0 aromatic rings. The van der Waals surface area contributed by atoms with Crippen LogP contribution in [0.25, 0.3) is 0 Å². The van der Waals surface area contributed by atoms with Gasteiger partial charge in [0.1, 0.15) is 0 Å². The van der Waals surface area contributed by atoms with Crippen LogP contribution in [0, 0.1) is 11.8 Å². The molecule has 0 aromatic heterocycles. The molecule has 0 saturated heterocycles. The van der Waals surface area contributed by atoms with Crippen molar-refractivity contribution < 1.29 is 14.7 Å². The van der Waals surface area contributed by atoms with E-state index in [0.29, 0.717) is 5.92 Å². The van der Waals surface area contributed by atoms with Gasteiger partial charge in [-0.1, -0.05) is 6.92 Å². The molecule has 1 rings (SSSR count). The van der Waals surface area contributed by atoms with E-state index in [2.05, 4.69) is 5.32 Å². The number of amides is 1. The van der Waals surface area contributed by atoms with Crippen LogP contribution in [0.15, 0.2) is 0 Å². The zero-order chi connectivity index (χ0) is 11.4. The Hall–Kier alpha value is -1.10. The van der Waals surface area contributed by atoms with E-state index in [-0.39, 0.29) is 30.8 Å². The second kappa shape index (κ2) is 5.11. The van der Waals surface area contributed by atoms with Gasteiger partial charge in [-0.05, 0) is 18.8 Å². The number of carbonyl (C=O) groups excluding carboxylic acids is 1. The van der Waals surface area contributed by atoms with Crippen molar-refractivity contribution >= 4 is 11.9 Å². The highest BCUT2D eigenvalue weighted by atomic mass is 16.4. The molecule has 4 N–H and O–H groups in total. The van der Waals surface area contributed by atoms with Gasteiger partial charge < -0.3 is 16.2 Å².